The molecule has 0 saturated heterocycles. The molecule has 1 aliphatic carbocycles. The maximum absolute atomic E-state index is 11.9. The zero-order chi connectivity index (χ0) is 25.2. The minimum Gasteiger partial charge on any atom is -0.490 e. The minimum atomic E-state index is -0.460. The lowest BCUT2D eigenvalue weighted by molar-refractivity contribution is 0.217. The van der Waals surface area contributed by atoms with Gasteiger partial charge in [-0.05, 0) is 66.3 Å². The van der Waals surface area contributed by atoms with Gasteiger partial charge in [0.25, 0.3) is 0 Å². The molecular weight excluding hydrogens is 497 g/mol. The van der Waals surface area contributed by atoms with Gasteiger partial charge in [-0.1, -0.05) is 72.8 Å². The Labute approximate surface area is 221 Å². The number of nitrogens with zero attached hydrogens (tertiary/aromatic N) is 1. The van der Waals surface area contributed by atoms with Gasteiger partial charge in [0.2, 0.25) is 0 Å². The summed E-state index contributed by atoms with van der Waals surface area (Å²) < 4.78 is 11.6. The second-order valence-electron chi connectivity index (χ2n) is 8.60. The first kappa shape index (κ1) is 25.9. The van der Waals surface area contributed by atoms with E-state index >= 15 is 0 Å². The van der Waals surface area contributed by atoms with E-state index in [2.05, 4.69) is 28.0 Å². The molecule has 3 aromatic carbocycles. The molecule has 0 heterocycles. The molecule has 0 atom stereocenters. The van der Waals surface area contributed by atoms with Gasteiger partial charge in [0.15, 0.2) is 5.75 Å². The Morgan fingerprint density at radius 2 is 1.58 bits per heavy atom. The molecule has 1 fully saturated rings. The van der Waals surface area contributed by atoms with E-state index in [0.717, 1.165) is 5.75 Å². The van der Waals surface area contributed by atoms with Gasteiger partial charge in [0, 0.05) is 5.69 Å². The first-order valence-corrected chi connectivity index (χ1v) is 12.8. The summed E-state index contributed by atoms with van der Waals surface area (Å²) >= 11 is 12.7. The molecule has 0 unspecified atom stereocenters. The highest BCUT2D eigenvalue weighted by Crippen LogP contribution is 2.34. The maximum Gasteiger partial charge on any atom is 0.339 e. The average molecular weight is 526 g/mol. The van der Waals surface area contributed by atoms with Crippen molar-refractivity contribution in [2.45, 2.75) is 38.0 Å². The van der Waals surface area contributed by atoms with Crippen molar-refractivity contribution in [2.24, 2.45) is 5.10 Å². The number of nitrogens with one attached hydrogen (secondary N) is 2. The lowest BCUT2D eigenvalue weighted by Crippen LogP contribution is -2.24. The number of carbonyl (C=O) groups is 1. The number of urea groups is 1. The van der Waals surface area contributed by atoms with Crippen LogP contribution in [0, 0.1) is 0 Å². The molecule has 0 aliphatic heterocycles. The van der Waals surface area contributed by atoms with Gasteiger partial charge in [-0.15, -0.1) is 0 Å². The summed E-state index contributed by atoms with van der Waals surface area (Å²) in [4.78, 5) is 11.9. The molecule has 2 amide bonds. The number of amides is 2. The Hall–Kier alpha value is -3.22. The number of hydrogen-bond acceptors (Lipinski definition) is 4. The third kappa shape index (κ3) is 7.64. The smallest absolute Gasteiger partial charge is 0.339 e. The fourth-order valence-electron chi connectivity index (χ4n) is 4.21. The number of hydrazone groups is 1. The number of rotatable bonds is 9. The Bertz CT molecular complexity index is 1140. The van der Waals surface area contributed by atoms with Crippen molar-refractivity contribution in [2.75, 3.05) is 18.5 Å². The van der Waals surface area contributed by atoms with Crippen LogP contribution in [-0.4, -0.2) is 25.5 Å². The molecule has 0 bridgehead atoms. The maximum atomic E-state index is 11.9. The molecule has 0 aromatic heterocycles. The van der Waals surface area contributed by atoms with E-state index in [4.69, 9.17) is 32.7 Å². The van der Waals surface area contributed by atoms with Gasteiger partial charge in [-0.3, -0.25) is 0 Å². The normalized spacial score (nSPS) is 13.9. The molecule has 3 aromatic rings. The van der Waals surface area contributed by atoms with Crippen LogP contribution >= 0.6 is 23.2 Å². The van der Waals surface area contributed by atoms with E-state index in [1.807, 2.05) is 30.3 Å². The second kappa shape index (κ2) is 13.2. The van der Waals surface area contributed by atoms with Crippen molar-refractivity contribution in [3.05, 3.63) is 87.9 Å². The SMILES string of the molecule is O=C(N/N=C\c1cc(Cl)c(OCCOc2ccc(C3CCCCC3)cc2)c(Cl)c1)Nc1ccccc1. The first-order valence-electron chi connectivity index (χ1n) is 12.1. The third-order valence-electron chi connectivity index (χ3n) is 5.99. The van der Waals surface area contributed by atoms with Crippen LogP contribution in [0.3, 0.4) is 0 Å². The van der Waals surface area contributed by atoms with Gasteiger partial charge in [0.05, 0.1) is 16.3 Å². The average Bonchev–Trinajstić information content (AvgIpc) is 2.89. The quantitative estimate of drug-likeness (QED) is 0.171. The highest BCUT2D eigenvalue weighted by atomic mass is 35.5. The summed E-state index contributed by atoms with van der Waals surface area (Å²) in [7, 11) is 0. The Balaban J connectivity index is 1.22. The number of para-hydroxylation sites is 1. The predicted octanol–water partition coefficient (Wildman–Crippen LogP) is 7.65. The minimum absolute atomic E-state index is 0.290. The molecule has 188 valence electrons. The Morgan fingerprint density at radius 3 is 2.28 bits per heavy atom. The summed E-state index contributed by atoms with van der Waals surface area (Å²) in [6, 6.07) is 20.3. The third-order valence-corrected chi connectivity index (χ3v) is 6.55. The molecule has 8 heteroatoms. The summed E-state index contributed by atoms with van der Waals surface area (Å²) in [6.45, 7) is 0.650. The van der Waals surface area contributed by atoms with E-state index < -0.39 is 6.03 Å². The summed E-state index contributed by atoms with van der Waals surface area (Å²) in [5.41, 5.74) is 5.08. The van der Waals surface area contributed by atoms with Gasteiger partial charge in [-0.25, -0.2) is 10.2 Å². The lowest BCUT2D eigenvalue weighted by atomic mass is 9.84. The standard InChI is InChI=1S/C28H29Cl2N3O3/c29-25-17-20(19-31-33-28(34)32-23-9-5-2-6-10-23)18-26(30)27(25)36-16-15-35-24-13-11-22(12-14-24)21-7-3-1-4-8-21/h2,5-6,9-14,17-19,21H,1,3-4,7-8,15-16H2,(H2,32,33,34)/b31-19-. The number of ether oxygens (including phenoxy) is 2. The van der Waals surface area contributed by atoms with Gasteiger partial charge in [-0.2, -0.15) is 5.10 Å². The van der Waals surface area contributed by atoms with Crippen LogP contribution in [0.25, 0.3) is 0 Å². The number of hydrogen-bond donors (Lipinski definition) is 2. The van der Waals surface area contributed by atoms with Crippen molar-refractivity contribution in [1.29, 1.82) is 0 Å². The molecule has 2 N–H and O–H groups in total. The van der Waals surface area contributed by atoms with Gasteiger partial charge >= 0.3 is 6.03 Å². The van der Waals surface area contributed by atoms with Crippen molar-refractivity contribution in [1.82, 2.24) is 5.43 Å². The molecule has 4 rings (SSSR count). The van der Waals surface area contributed by atoms with Crippen LogP contribution in [-0.2, 0) is 0 Å². The topological polar surface area (TPSA) is 72.0 Å². The fraction of sp³-hybridized carbons (Fsp3) is 0.286. The number of benzene rings is 3. The molecule has 1 aliphatic rings. The second-order valence-corrected chi connectivity index (χ2v) is 9.42. The first-order chi connectivity index (χ1) is 17.6. The van der Waals surface area contributed by atoms with Crippen molar-refractivity contribution < 1.29 is 14.3 Å². The number of carbonyl (C=O) groups excluding carboxylic acids is 1. The number of halogens is 2. The fourth-order valence-corrected chi connectivity index (χ4v) is 4.83. The summed E-state index contributed by atoms with van der Waals surface area (Å²) in [5.74, 6) is 1.86. The van der Waals surface area contributed by atoms with Gasteiger partial charge in [0.1, 0.15) is 19.0 Å². The van der Waals surface area contributed by atoms with E-state index in [1.165, 1.54) is 43.9 Å². The predicted molar refractivity (Wildman–Crippen MR) is 146 cm³/mol. The van der Waals surface area contributed by atoms with Crippen LogP contribution < -0.4 is 20.2 Å². The van der Waals surface area contributed by atoms with Crippen LogP contribution in [0.5, 0.6) is 11.5 Å². The van der Waals surface area contributed by atoms with Crippen LogP contribution in [0.4, 0.5) is 10.5 Å². The Kier molecular flexibility index (Phi) is 9.47. The monoisotopic (exact) mass is 525 g/mol. The van der Waals surface area contributed by atoms with E-state index in [9.17, 15) is 4.79 Å². The molecule has 0 spiro atoms. The zero-order valence-corrected chi connectivity index (χ0v) is 21.4. The van der Waals surface area contributed by atoms with Crippen LogP contribution in [0.2, 0.25) is 10.0 Å². The van der Waals surface area contributed by atoms with E-state index in [1.54, 1.807) is 24.3 Å². The lowest BCUT2D eigenvalue weighted by Gasteiger charge is -2.22. The highest BCUT2D eigenvalue weighted by molar-refractivity contribution is 6.37. The van der Waals surface area contributed by atoms with E-state index in [0.29, 0.717) is 46.2 Å². The summed E-state index contributed by atoms with van der Waals surface area (Å²) in [6.07, 6.45) is 8.00. The molecule has 0 radical (unpaired) electrons. The van der Waals surface area contributed by atoms with Crippen molar-refractivity contribution in [3.8, 4) is 11.5 Å². The molecule has 6 nitrogen and oxygen atoms in total. The van der Waals surface area contributed by atoms with Crippen molar-refractivity contribution in [3.63, 3.8) is 0 Å². The zero-order valence-electron chi connectivity index (χ0n) is 19.9. The van der Waals surface area contributed by atoms with Crippen LogP contribution in [0.1, 0.15) is 49.1 Å². The van der Waals surface area contributed by atoms with Crippen molar-refractivity contribution >= 4 is 41.1 Å². The van der Waals surface area contributed by atoms with Gasteiger partial charge < -0.3 is 14.8 Å². The molecule has 1 saturated carbocycles. The Morgan fingerprint density at radius 1 is 0.917 bits per heavy atom. The molecule has 36 heavy (non-hydrogen) atoms. The van der Waals surface area contributed by atoms with E-state index in [-0.39, 0.29) is 0 Å². The highest BCUT2D eigenvalue weighted by Gasteiger charge is 2.15. The largest absolute Gasteiger partial charge is 0.490 e. The summed E-state index contributed by atoms with van der Waals surface area (Å²) in [5, 5.41) is 7.28. The molecular formula is C28H29Cl2N3O3. The van der Waals surface area contributed by atoms with Crippen LogP contribution in [0.15, 0.2) is 71.8 Å². The number of anilines is 1.